The lowest BCUT2D eigenvalue weighted by Gasteiger charge is -2.19. The zero-order valence-corrected chi connectivity index (χ0v) is 10.8. The van der Waals surface area contributed by atoms with Crippen LogP contribution in [-0.4, -0.2) is 49.6 Å². The van der Waals surface area contributed by atoms with Crippen molar-refractivity contribution in [3.05, 3.63) is 0 Å². The van der Waals surface area contributed by atoms with E-state index in [4.69, 9.17) is 0 Å². The molecule has 0 fully saturated rings. The van der Waals surface area contributed by atoms with Gasteiger partial charge in [-0.1, -0.05) is 13.8 Å². The van der Waals surface area contributed by atoms with E-state index in [1.54, 1.807) is 0 Å². The van der Waals surface area contributed by atoms with Crippen LogP contribution in [0.15, 0.2) is 0 Å². The Labute approximate surface area is 93.8 Å². The van der Waals surface area contributed by atoms with Crippen molar-refractivity contribution in [3.8, 4) is 0 Å². The van der Waals surface area contributed by atoms with Crippen LogP contribution in [0.5, 0.6) is 0 Å². The summed E-state index contributed by atoms with van der Waals surface area (Å²) in [4.78, 5) is 2.50. The van der Waals surface area contributed by atoms with Crippen LogP contribution in [0.1, 0.15) is 26.7 Å². The molecule has 0 radical (unpaired) electrons. The third kappa shape index (κ3) is 8.85. The molecule has 0 atom stereocenters. The first-order valence-electron chi connectivity index (χ1n) is 5.77. The average Bonchev–Trinajstić information content (AvgIpc) is 2.21. The average molecular weight is 218 g/mol. The van der Waals surface area contributed by atoms with Crippen LogP contribution < -0.4 is 5.32 Å². The van der Waals surface area contributed by atoms with Crippen molar-refractivity contribution >= 4 is 11.8 Å². The van der Waals surface area contributed by atoms with Crippen molar-refractivity contribution in [3.63, 3.8) is 0 Å². The minimum absolute atomic E-state index is 1.14. The van der Waals surface area contributed by atoms with Crippen LogP contribution in [-0.2, 0) is 0 Å². The molecular weight excluding hydrogens is 192 g/mol. The number of nitrogens with zero attached hydrogens (tertiary/aromatic N) is 1. The van der Waals surface area contributed by atoms with E-state index in [2.05, 4.69) is 30.3 Å². The molecule has 0 bridgehead atoms. The summed E-state index contributed by atoms with van der Waals surface area (Å²) in [6.45, 7) is 10.4. The van der Waals surface area contributed by atoms with Gasteiger partial charge in [0.15, 0.2) is 0 Å². The van der Waals surface area contributed by atoms with Crippen LogP contribution >= 0.6 is 11.8 Å². The Morgan fingerprint density at radius 2 is 1.93 bits per heavy atom. The monoisotopic (exact) mass is 218 g/mol. The van der Waals surface area contributed by atoms with Gasteiger partial charge in [-0.05, 0) is 44.5 Å². The predicted octanol–water partition coefficient (Wildman–Crippen LogP) is 2.06. The van der Waals surface area contributed by atoms with Crippen molar-refractivity contribution in [1.29, 1.82) is 0 Å². The highest BCUT2D eigenvalue weighted by Crippen LogP contribution is 1.93. The largest absolute Gasteiger partial charge is 0.315 e. The van der Waals surface area contributed by atoms with E-state index in [0.29, 0.717) is 0 Å². The second-order valence-electron chi connectivity index (χ2n) is 3.53. The van der Waals surface area contributed by atoms with Crippen LogP contribution in [0, 0.1) is 0 Å². The van der Waals surface area contributed by atoms with Gasteiger partial charge in [0.25, 0.3) is 0 Å². The summed E-state index contributed by atoms with van der Waals surface area (Å²) in [5.74, 6) is 1.28. The summed E-state index contributed by atoms with van der Waals surface area (Å²) in [6, 6.07) is 0. The third-order valence-electron chi connectivity index (χ3n) is 2.29. The Hall–Kier alpha value is 0.270. The first-order valence-corrected chi connectivity index (χ1v) is 7.16. The molecule has 0 aliphatic rings. The van der Waals surface area contributed by atoms with Crippen molar-refractivity contribution in [2.45, 2.75) is 26.7 Å². The van der Waals surface area contributed by atoms with E-state index in [-0.39, 0.29) is 0 Å². The van der Waals surface area contributed by atoms with Gasteiger partial charge in [0.1, 0.15) is 0 Å². The first kappa shape index (κ1) is 14.3. The normalized spacial score (nSPS) is 11.1. The molecule has 3 heteroatoms. The molecule has 0 spiro atoms. The van der Waals surface area contributed by atoms with Gasteiger partial charge in [0.2, 0.25) is 0 Å². The number of hydrogen-bond acceptors (Lipinski definition) is 3. The van der Waals surface area contributed by atoms with Gasteiger partial charge < -0.3 is 10.2 Å². The number of rotatable bonds is 10. The fraction of sp³-hybridized carbons (Fsp3) is 1.00. The van der Waals surface area contributed by atoms with Gasteiger partial charge in [-0.15, -0.1) is 0 Å². The zero-order valence-electron chi connectivity index (χ0n) is 10.0. The highest BCUT2D eigenvalue weighted by molar-refractivity contribution is 7.98. The number of nitrogens with one attached hydrogen (secondary N) is 1. The highest BCUT2D eigenvalue weighted by atomic mass is 32.2. The van der Waals surface area contributed by atoms with Crippen LogP contribution in [0.3, 0.4) is 0 Å². The van der Waals surface area contributed by atoms with Crippen molar-refractivity contribution < 1.29 is 0 Å². The molecule has 0 rings (SSSR count). The summed E-state index contributed by atoms with van der Waals surface area (Å²) < 4.78 is 0. The molecule has 0 amide bonds. The molecule has 0 heterocycles. The minimum Gasteiger partial charge on any atom is -0.315 e. The molecule has 1 N–H and O–H groups in total. The maximum atomic E-state index is 3.49. The zero-order chi connectivity index (χ0) is 10.6. The van der Waals surface area contributed by atoms with Crippen molar-refractivity contribution in [2.24, 2.45) is 0 Å². The van der Waals surface area contributed by atoms with E-state index in [1.165, 1.54) is 44.8 Å². The van der Waals surface area contributed by atoms with E-state index in [0.717, 1.165) is 6.54 Å². The molecule has 14 heavy (non-hydrogen) atoms. The maximum absolute atomic E-state index is 3.49. The van der Waals surface area contributed by atoms with Crippen LogP contribution in [0.2, 0.25) is 0 Å². The Morgan fingerprint density at radius 3 is 2.50 bits per heavy atom. The molecule has 0 aromatic heterocycles. The SMILES string of the molecule is CCCN(CC)CCNCCCSC. The van der Waals surface area contributed by atoms with Crippen molar-refractivity contribution in [1.82, 2.24) is 10.2 Å². The fourth-order valence-corrected chi connectivity index (χ4v) is 1.88. The van der Waals surface area contributed by atoms with Gasteiger partial charge in [-0.3, -0.25) is 0 Å². The lowest BCUT2D eigenvalue weighted by atomic mass is 10.4. The Morgan fingerprint density at radius 1 is 1.14 bits per heavy atom. The Balaban J connectivity index is 3.15. The maximum Gasteiger partial charge on any atom is 0.0107 e. The highest BCUT2D eigenvalue weighted by Gasteiger charge is 1.98. The molecule has 86 valence electrons. The Bertz CT molecular complexity index is 109. The van der Waals surface area contributed by atoms with Crippen LogP contribution in [0.25, 0.3) is 0 Å². The van der Waals surface area contributed by atoms with Gasteiger partial charge in [-0.25, -0.2) is 0 Å². The van der Waals surface area contributed by atoms with Gasteiger partial charge in [-0.2, -0.15) is 11.8 Å². The lowest BCUT2D eigenvalue weighted by Crippen LogP contribution is -2.33. The Kier molecular flexibility index (Phi) is 11.6. The number of hydrogen-bond donors (Lipinski definition) is 1. The summed E-state index contributed by atoms with van der Waals surface area (Å²) >= 11 is 1.93. The van der Waals surface area contributed by atoms with Crippen LogP contribution in [0.4, 0.5) is 0 Å². The molecule has 0 unspecified atom stereocenters. The molecule has 0 saturated carbocycles. The van der Waals surface area contributed by atoms with Gasteiger partial charge in [0, 0.05) is 13.1 Å². The second-order valence-corrected chi connectivity index (χ2v) is 4.52. The summed E-state index contributed by atoms with van der Waals surface area (Å²) in [5, 5.41) is 3.49. The summed E-state index contributed by atoms with van der Waals surface area (Å²) in [5.41, 5.74) is 0. The summed E-state index contributed by atoms with van der Waals surface area (Å²) in [7, 11) is 0. The smallest absolute Gasteiger partial charge is 0.0107 e. The predicted molar refractivity (Wildman–Crippen MR) is 68.3 cm³/mol. The molecular formula is C11H26N2S. The molecule has 0 aliphatic heterocycles. The standard InChI is InChI=1S/C11H26N2S/c1-4-9-13(5-2)10-8-12-7-6-11-14-3/h12H,4-11H2,1-3H3. The molecule has 0 aromatic carbocycles. The van der Waals surface area contributed by atoms with E-state index >= 15 is 0 Å². The topological polar surface area (TPSA) is 15.3 Å². The summed E-state index contributed by atoms with van der Waals surface area (Å²) in [6.07, 6.45) is 4.72. The minimum atomic E-state index is 1.14. The third-order valence-corrected chi connectivity index (χ3v) is 2.99. The van der Waals surface area contributed by atoms with Gasteiger partial charge in [0.05, 0.1) is 0 Å². The van der Waals surface area contributed by atoms with Crippen molar-refractivity contribution in [2.75, 3.05) is 44.7 Å². The fourth-order valence-electron chi connectivity index (χ4n) is 1.45. The van der Waals surface area contributed by atoms with E-state index in [1.807, 2.05) is 11.8 Å². The molecule has 2 nitrogen and oxygen atoms in total. The molecule has 0 aliphatic carbocycles. The molecule has 0 saturated heterocycles. The van der Waals surface area contributed by atoms with E-state index < -0.39 is 0 Å². The molecule has 0 aromatic rings. The first-order chi connectivity index (χ1) is 6.85. The number of likely N-dealkylation sites (N-methyl/N-ethyl adjacent to an activating group) is 1. The lowest BCUT2D eigenvalue weighted by molar-refractivity contribution is 0.288. The quantitative estimate of drug-likeness (QED) is 0.565. The number of thioether (sulfide) groups is 1. The van der Waals surface area contributed by atoms with E-state index in [9.17, 15) is 0 Å². The van der Waals surface area contributed by atoms with Gasteiger partial charge >= 0.3 is 0 Å². The second kappa shape index (κ2) is 11.3.